The molecule has 1 aromatic heterocycles. The number of methoxy groups -OCH3 is 1. The predicted octanol–water partition coefficient (Wildman–Crippen LogP) is 2.83. The minimum absolute atomic E-state index is 0.0470. The van der Waals surface area contributed by atoms with Crippen molar-refractivity contribution in [1.82, 2.24) is 4.98 Å². The van der Waals surface area contributed by atoms with Crippen molar-refractivity contribution in [2.24, 2.45) is 0 Å². The highest BCUT2D eigenvalue weighted by molar-refractivity contribution is 6.17. The highest BCUT2D eigenvalue weighted by Gasteiger charge is 2.21. The van der Waals surface area contributed by atoms with Gasteiger partial charge in [0.1, 0.15) is 0 Å². The Labute approximate surface area is 96.6 Å². The second kappa shape index (κ2) is 5.61. The zero-order valence-electron chi connectivity index (χ0n) is 8.51. The summed E-state index contributed by atoms with van der Waals surface area (Å²) in [4.78, 5) is 3.84. The molecule has 0 saturated heterocycles. The van der Waals surface area contributed by atoms with Gasteiger partial charge in [0.05, 0.1) is 19.6 Å². The zero-order valence-corrected chi connectivity index (χ0v) is 9.26. The fourth-order valence-electron chi connectivity index (χ4n) is 1.40. The van der Waals surface area contributed by atoms with Gasteiger partial charge in [-0.25, -0.2) is 13.8 Å². The van der Waals surface area contributed by atoms with Crippen molar-refractivity contribution in [3.05, 3.63) is 22.9 Å². The zero-order chi connectivity index (χ0) is 12.1. The van der Waals surface area contributed by atoms with Gasteiger partial charge in [0, 0.05) is 23.2 Å². The van der Waals surface area contributed by atoms with Crippen molar-refractivity contribution in [2.75, 3.05) is 7.11 Å². The Bertz CT molecular complexity index is 418. The van der Waals surface area contributed by atoms with E-state index in [0.29, 0.717) is 0 Å². The van der Waals surface area contributed by atoms with Gasteiger partial charge in [-0.2, -0.15) is 5.26 Å². The Kier molecular flexibility index (Phi) is 4.44. The molecule has 3 nitrogen and oxygen atoms in total. The number of ether oxygens (including phenoxy) is 1. The topological polar surface area (TPSA) is 45.9 Å². The fourth-order valence-corrected chi connectivity index (χ4v) is 1.61. The second-order valence-corrected chi connectivity index (χ2v) is 3.22. The fraction of sp³-hybridized carbons (Fsp3) is 0.400. The van der Waals surface area contributed by atoms with Gasteiger partial charge in [-0.05, 0) is 5.56 Å². The third-order valence-electron chi connectivity index (χ3n) is 2.08. The Morgan fingerprint density at radius 1 is 1.62 bits per heavy atom. The molecule has 16 heavy (non-hydrogen) atoms. The first-order chi connectivity index (χ1) is 7.65. The summed E-state index contributed by atoms with van der Waals surface area (Å²) in [6.07, 6.45) is -1.64. The van der Waals surface area contributed by atoms with E-state index in [1.165, 1.54) is 13.3 Å². The average Bonchev–Trinajstić information content (AvgIpc) is 2.28. The summed E-state index contributed by atoms with van der Waals surface area (Å²) in [7, 11) is 1.32. The smallest absolute Gasteiger partial charge is 0.264 e. The molecule has 0 aliphatic carbocycles. The first-order valence-electron chi connectivity index (χ1n) is 4.41. The minimum Gasteiger partial charge on any atom is -0.481 e. The van der Waals surface area contributed by atoms with Crippen LogP contribution in [0.4, 0.5) is 8.78 Å². The monoisotopic (exact) mass is 246 g/mol. The molecule has 0 spiro atoms. The Balaban J connectivity index is 3.41. The second-order valence-electron chi connectivity index (χ2n) is 2.95. The predicted molar refractivity (Wildman–Crippen MR) is 54.6 cm³/mol. The van der Waals surface area contributed by atoms with E-state index < -0.39 is 6.43 Å². The lowest BCUT2D eigenvalue weighted by molar-refractivity contribution is 0.148. The van der Waals surface area contributed by atoms with Gasteiger partial charge < -0.3 is 4.74 Å². The van der Waals surface area contributed by atoms with Crippen LogP contribution in [0.5, 0.6) is 5.88 Å². The number of hydrogen-bond acceptors (Lipinski definition) is 3. The normalized spacial score (nSPS) is 10.2. The molecule has 1 rings (SSSR count). The van der Waals surface area contributed by atoms with Crippen molar-refractivity contribution in [2.45, 2.75) is 18.7 Å². The molecular formula is C10H9ClF2N2O. The minimum atomic E-state index is -2.70. The molecule has 6 heteroatoms. The number of nitrogens with zero attached hydrogens (tertiary/aromatic N) is 2. The largest absolute Gasteiger partial charge is 0.481 e. The van der Waals surface area contributed by atoms with Crippen LogP contribution < -0.4 is 4.74 Å². The lowest BCUT2D eigenvalue weighted by Gasteiger charge is -2.13. The standard InChI is InChI=1S/C10H9ClF2N2O/c1-16-10-7(2-3-14)8(9(12)13)6(4-11)5-15-10/h5,9H,2,4H2,1H3. The van der Waals surface area contributed by atoms with E-state index in [1.54, 1.807) is 0 Å². The third kappa shape index (κ3) is 2.39. The SMILES string of the molecule is COc1ncc(CCl)c(C(F)F)c1CC#N. The first-order valence-corrected chi connectivity index (χ1v) is 4.94. The summed E-state index contributed by atoms with van der Waals surface area (Å²) in [5.41, 5.74) is 0.0873. The van der Waals surface area contributed by atoms with Gasteiger partial charge in [-0.1, -0.05) is 0 Å². The van der Waals surface area contributed by atoms with Crippen LogP contribution in [0.25, 0.3) is 0 Å². The maximum Gasteiger partial charge on any atom is 0.264 e. The number of rotatable bonds is 4. The van der Waals surface area contributed by atoms with E-state index in [0.717, 1.165) is 0 Å². The van der Waals surface area contributed by atoms with Gasteiger partial charge >= 0.3 is 0 Å². The summed E-state index contributed by atoms with van der Waals surface area (Å²) in [5.74, 6) is -0.0273. The van der Waals surface area contributed by atoms with E-state index >= 15 is 0 Å². The number of aromatic nitrogens is 1. The van der Waals surface area contributed by atoms with Crippen LogP contribution >= 0.6 is 11.6 Å². The maximum absolute atomic E-state index is 12.9. The van der Waals surface area contributed by atoms with Gasteiger partial charge in [-0.3, -0.25) is 0 Å². The molecule has 0 N–H and O–H groups in total. The lowest BCUT2D eigenvalue weighted by atomic mass is 10.0. The van der Waals surface area contributed by atoms with Crippen molar-refractivity contribution in [3.8, 4) is 11.9 Å². The summed E-state index contributed by atoms with van der Waals surface area (Å²) >= 11 is 5.55. The number of alkyl halides is 3. The van der Waals surface area contributed by atoms with Crippen LogP contribution in [0.2, 0.25) is 0 Å². The van der Waals surface area contributed by atoms with E-state index in [-0.39, 0.29) is 34.9 Å². The Morgan fingerprint density at radius 3 is 2.75 bits per heavy atom. The van der Waals surface area contributed by atoms with Crippen molar-refractivity contribution < 1.29 is 13.5 Å². The Morgan fingerprint density at radius 2 is 2.31 bits per heavy atom. The molecule has 0 aliphatic heterocycles. The lowest BCUT2D eigenvalue weighted by Crippen LogP contribution is -2.04. The number of hydrogen-bond donors (Lipinski definition) is 0. The van der Waals surface area contributed by atoms with Crippen molar-refractivity contribution in [1.29, 1.82) is 5.26 Å². The third-order valence-corrected chi connectivity index (χ3v) is 2.37. The summed E-state index contributed by atoms with van der Waals surface area (Å²) in [5, 5.41) is 8.60. The highest BCUT2D eigenvalue weighted by Crippen LogP contribution is 2.32. The van der Waals surface area contributed by atoms with E-state index in [9.17, 15) is 8.78 Å². The summed E-state index contributed by atoms with van der Waals surface area (Å²) in [6.45, 7) is 0. The molecule has 0 unspecified atom stereocenters. The maximum atomic E-state index is 12.9. The summed E-state index contributed by atoms with van der Waals surface area (Å²) < 4.78 is 30.6. The highest BCUT2D eigenvalue weighted by atomic mass is 35.5. The van der Waals surface area contributed by atoms with Crippen LogP contribution in [0.3, 0.4) is 0 Å². The molecule has 0 aromatic carbocycles. The van der Waals surface area contributed by atoms with Crippen LogP contribution in [-0.2, 0) is 12.3 Å². The molecule has 0 bridgehead atoms. The molecular weight excluding hydrogens is 238 g/mol. The number of nitriles is 1. The number of halogens is 3. The Hall–Kier alpha value is -1.41. The van der Waals surface area contributed by atoms with E-state index in [1.807, 2.05) is 6.07 Å². The average molecular weight is 247 g/mol. The molecule has 1 heterocycles. The van der Waals surface area contributed by atoms with Crippen molar-refractivity contribution >= 4 is 11.6 Å². The number of pyridine rings is 1. The molecule has 86 valence electrons. The van der Waals surface area contributed by atoms with Gasteiger partial charge in [0.15, 0.2) is 0 Å². The van der Waals surface area contributed by atoms with Crippen LogP contribution in [0.1, 0.15) is 23.1 Å². The molecule has 1 aromatic rings. The van der Waals surface area contributed by atoms with E-state index in [4.69, 9.17) is 21.6 Å². The van der Waals surface area contributed by atoms with Gasteiger partial charge in [0.2, 0.25) is 5.88 Å². The van der Waals surface area contributed by atoms with Crippen LogP contribution in [-0.4, -0.2) is 12.1 Å². The van der Waals surface area contributed by atoms with Crippen LogP contribution in [0.15, 0.2) is 6.20 Å². The van der Waals surface area contributed by atoms with Crippen molar-refractivity contribution in [3.63, 3.8) is 0 Å². The molecule has 0 fully saturated rings. The molecule has 0 saturated carbocycles. The van der Waals surface area contributed by atoms with Gasteiger partial charge in [0.25, 0.3) is 6.43 Å². The first kappa shape index (κ1) is 12.7. The molecule has 0 aliphatic rings. The van der Waals surface area contributed by atoms with E-state index in [2.05, 4.69) is 4.98 Å². The van der Waals surface area contributed by atoms with Gasteiger partial charge in [-0.15, -0.1) is 11.6 Å². The quantitative estimate of drug-likeness (QED) is 0.768. The molecule has 0 radical (unpaired) electrons. The van der Waals surface area contributed by atoms with Crippen LogP contribution in [0, 0.1) is 11.3 Å². The summed E-state index contributed by atoms with van der Waals surface area (Å²) in [6, 6.07) is 1.81. The molecule has 0 atom stereocenters. The molecule has 0 amide bonds.